The number of benzene rings is 1. The molecule has 1 aromatic heterocycles. The summed E-state index contributed by atoms with van der Waals surface area (Å²) in [6.45, 7) is 1.88. The van der Waals surface area contributed by atoms with Crippen molar-refractivity contribution in [2.24, 2.45) is 7.05 Å². The molecule has 0 fully saturated rings. The van der Waals surface area contributed by atoms with Gasteiger partial charge in [0.1, 0.15) is 0 Å². The van der Waals surface area contributed by atoms with Gasteiger partial charge in [0.05, 0.1) is 22.6 Å². The molecular formula is C12H13ClN4O. The maximum atomic E-state index is 11.8. The number of aromatic nitrogens is 2. The molecule has 5 nitrogen and oxygen atoms in total. The number of para-hydroxylation sites is 1. The quantitative estimate of drug-likeness (QED) is 0.876. The minimum atomic E-state index is -0.348. The van der Waals surface area contributed by atoms with Crippen molar-refractivity contribution < 1.29 is 4.79 Å². The van der Waals surface area contributed by atoms with Gasteiger partial charge in [0.25, 0.3) is 0 Å². The third-order valence-corrected chi connectivity index (χ3v) is 2.74. The van der Waals surface area contributed by atoms with Crippen molar-refractivity contribution in [3.8, 4) is 0 Å². The van der Waals surface area contributed by atoms with Crippen LogP contribution in [-0.2, 0) is 7.05 Å². The molecule has 0 bridgehead atoms. The Morgan fingerprint density at radius 3 is 2.78 bits per heavy atom. The van der Waals surface area contributed by atoms with Gasteiger partial charge in [0.15, 0.2) is 0 Å². The number of hydrogen-bond acceptors (Lipinski definition) is 2. The van der Waals surface area contributed by atoms with Crippen molar-refractivity contribution in [1.29, 1.82) is 0 Å². The number of carbonyl (C=O) groups is 1. The van der Waals surface area contributed by atoms with E-state index in [4.69, 9.17) is 11.6 Å². The summed E-state index contributed by atoms with van der Waals surface area (Å²) in [4.78, 5) is 11.8. The Morgan fingerprint density at radius 1 is 1.39 bits per heavy atom. The molecule has 1 heterocycles. The third-order valence-electron chi connectivity index (χ3n) is 2.42. The zero-order valence-corrected chi connectivity index (χ0v) is 10.8. The first-order chi connectivity index (χ1) is 8.56. The Morgan fingerprint density at radius 2 is 2.17 bits per heavy atom. The Kier molecular flexibility index (Phi) is 3.53. The van der Waals surface area contributed by atoms with E-state index in [1.807, 2.05) is 19.1 Å². The van der Waals surface area contributed by atoms with Crippen LogP contribution in [0.4, 0.5) is 16.2 Å². The fourth-order valence-electron chi connectivity index (χ4n) is 1.55. The van der Waals surface area contributed by atoms with Crippen molar-refractivity contribution in [3.63, 3.8) is 0 Å². The molecule has 0 aliphatic rings. The molecule has 0 atom stereocenters. The molecular weight excluding hydrogens is 252 g/mol. The highest BCUT2D eigenvalue weighted by atomic mass is 35.5. The summed E-state index contributed by atoms with van der Waals surface area (Å²) < 4.78 is 1.61. The van der Waals surface area contributed by atoms with Gasteiger partial charge in [-0.3, -0.25) is 4.68 Å². The van der Waals surface area contributed by atoms with Gasteiger partial charge >= 0.3 is 6.03 Å². The zero-order valence-electron chi connectivity index (χ0n) is 10.1. The van der Waals surface area contributed by atoms with Crippen LogP contribution in [-0.4, -0.2) is 15.8 Å². The van der Waals surface area contributed by atoms with Gasteiger partial charge in [0.2, 0.25) is 0 Å². The highest BCUT2D eigenvalue weighted by Gasteiger charge is 2.08. The summed E-state index contributed by atoms with van der Waals surface area (Å²) in [6.07, 6.45) is 3.28. The van der Waals surface area contributed by atoms with Gasteiger partial charge in [-0.1, -0.05) is 23.7 Å². The summed E-state index contributed by atoms with van der Waals surface area (Å²) >= 11 is 6.02. The van der Waals surface area contributed by atoms with Crippen LogP contribution in [0.5, 0.6) is 0 Å². The van der Waals surface area contributed by atoms with Crippen LogP contribution in [0.25, 0.3) is 0 Å². The van der Waals surface area contributed by atoms with Crippen molar-refractivity contribution >= 4 is 29.0 Å². The summed E-state index contributed by atoms with van der Waals surface area (Å²) in [7, 11) is 1.78. The molecule has 0 unspecified atom stereocenters. The van der Waals surface area contributed by atoms with E-state index in [1.165, 1.54) is 0 Å². The van der Waals surface area contributed by atoms with Crippen molar-refractivity contribution in [2.75, 3.05) is 10.6 Å². The van der Waals surface area contributed by atoms with Crippen LogP contribution >= 0.6 is 11.6 Å². The lowest BCUT2D eigenvalue weighted by molar-refractivity contribution is 0.262. The van der Waals surface area contributed by atoms with Crippen molar-refractivity contribution in [2.45, 2.75) is 6.92 Å². The number of rotatable bonds is 2. The largest absolute Gasteiger partial charge is 0.323 e. The van der Waals surface area contributed by atoms with Gasteiger partial charge in [-0.2, -0.15) is 5.10 Å². The number of aryl methyl sites for hydroxylation is 2. The molecule has 0 radical (unpaired) electrons. The zero-order chi connectivity index (χ0) is 13.1. The number of urea groups is 1. The van der Waals surface area contributed by atoms with Gasteiger partial charge in [0, 0.05) is 13.2 Å². The number of nitrogens with one attached hydrogen (secondary N) is 2. The van der Waals surface area contributed by atoms with Crippen LogP contribution < -0.4 is 10.6 Å². The molecule has 2 amide bonds. The van der Waals surface area contributed by atoms with E-state index >= 15 is 0 Å². The van der Waals surface area contributed by atoms with Crippen LogP contribution in [0.3, 0.4) is 0 Å². The van der Waals surface area contributed by atoms with Crippen LogP contribution in [0.15, 0.2) is 30.6 Å². The molecule has 18 heavy (non-hydrogen) atoms. The molecule has 0 saturated heterocycles. The minimum absolute atomic E-state index is 0.348. The van der Waals surface area contributed by atoms with E-state index in [0.717, 1.165) is 5.56 Å². The molecule has 2 aromatic rings. The van der Waals surface area contributed by atoms with Gasteiger partial charge in [-0.25, -0.2) is 4.79 Å². The smallest absolute Gasteiger partial charge is 0.306 e. The Balaban J connectivity index is 2.08. The topological polar surface area (TPSA) is 59.0 Å². The molecule has 6 heteroatoms. The molecule has 1 aromatic carbocycles. The van der Waals surface area contributed by atoms with Crippen molar-refractivity contribution in [1.82, 2.24) is 9.78 Å². The fraction of sp³-hybridized carbons (Fsp3) is 0.167. The van der Waals surface area contributed by atoms with Crippen LogP contribution in [0.1, 0.15) is 5.56 Å². The summed E-state index contributed by atoms with van der Waals surface area (Å²) in [6, 6.07) is 5.10. The number of anilines is 2. The highest BCUT2D eigenvalue weighted by molar-refractivity contribution is 6.34. The average molecular weight is 265 g/mol. The summed E-state index contributed by atoms with van der Waals surface area (Å²) in [5.74, 6) is 0. The van der Waals surface area contributed by atoms with E-state index in [2.05, 4.69) is 15.7 Å². The first kappa shape index (κ1) is 12.4. The second-order valence-corrected chi connectivity index (χ2v) is 4.32. The Labute approximate surface area is 110 Å². The fourth-order valence-corrected chi connectivity index (χ4v) is 1.82. The lowest BCUT2D eigenvalue weighted by atomic mass is 10.2. The maximum absolute atomic E-state index is 11.8. The molecule has 0 aliphatic carbocycles. The monoisotopic (exact) mass is 264 g/mol. The van der Waals surface area contributed by atoms with Gasteiger partial charge in [-0.05, 0) is 18.6 Å². The SMILES string of the molecule is Cc1cccc(Cl)c1NC(=O)Nc1cnn(C)c1. The first-order valence-electron chi connectivity index (χ1n) is 5.38. The second-order valence-electron chi connectivity index (χ2n) is 3.91. The lowest BCUT2D eigenvalue weighted by Crippen LogP contribution is -2.19. The predicted octanol–water partition coefficient (Wildman–Crippen LogP) is 3.03. The normalized spacial score (nSPS) is 10.2. The summed E-state index contributed by atoms with van der Waals surface area (Å²) in [5.41, 5.74) is 2.14. The highest BCUT2D eigenvalue weighted by Crippen LogP contribution is 2.25. The minimum Gasteiger partial charge on any atom is -0.306 e. The number of amides is 2. The first-order valence-corrected chi connectivity index (χ1v) is 5.76. The number of carbonyl (C=O) groups excluding carboxylic acids is 1. The predicted molar refractivity (Wildman–Crippen MR) is 72.0 cm³/mol. The van der Waals surface area contributed by atoms with Crippen molar-refractivity contribution in [3.05, 3.63) is 41.2 Å². The number of nitrogens with zero attached hydrogens (tertiary/aromatic N) is 2. The van der Waals surface area contributed by atoms with E-state index < -0.39 is 0 Å². The van der Waals surface area contributed by atoms with E-state index in [0.29, 0.717) is 16.4 Å². The Bertz CT molecular complexity index is 559. The molecule has 0 aliphatic heterocycles. The molecule has 94 valence electrons. The average Bonchev–Trinajstić information content (AvgIpc) is 2.69. The van der Waals surface area contributed by atoms with E-state index in [9.17, 15) is 4.79 Å². The Hall–Kier alpha value is -2.01. The molecule has 0 spiro atoms. The number of halogens is 1. The third kappa shape index (κ3) is 2.81. The van der Waals surface area contributed by atoms with E-state index in [1.54, 1.807) is 30.2 Å². The van der Waals surface area contributed by atoms with Crippen LogP contribution in [0.2, 0.25) is 5.02 Å². The standard InChI is InChI=1S/C12H13ClN4O/c1-8-4-3-5-10(13)11(8)16-12(18)15-9-6-14-17(2)7-9/h3-7H,1-2H3,(H2,15,16,18). The van der Waals surface area contributed by atoms with E-state index in [-0.39, 0.29) is 6.03 Å². The summed E-state index contributed by atoms with van der Waals surface area (Å²) in [5, 5.41) is 9.86. The second kappa shape index (κ2) is 5.10. The number of hydrogen-bond donors (Lipinski definition) is 2. The lowest BCUT2D eigenvalue weighted by Gasteiger charge is -2.10. The van der Waals surface area contributed by atoms with Gasteiger partial charge < -0.3 is 10.6 Å². The molecule has 2 rings (SSSR count). The molecule has 2 N–H and O–H groups in total. The van der Waals surface area contributed by atoms with Gasteiger partial charge in [-0.15, -0.1) is 0 Å². The van der Waals surface area contributed by atoms with Crippen LogP contribution in [0, 0.1) is 6.92 Å². The maximum Gasteiger partial charge on any atom is 0.323 e. The molecule has 0 saturated carbocycles.